The topological polar surface area (TPSA) is 76.6 Å². The van der Waals surface area contributed by atoms with E-state index in [1.165, 1.54) is 11.1 Å². The van der Waals surface area contributed by atoms with Gasteiger partial charge in [-0.2, -0.15) is 0 Å². The lowest BCUT2D eigenvalue weighted by Gasteiger charge is -2.32. The minimum absolute atomic E-state index is 0.0445. The number of anilines is 2. The van der Waals surface area contributed by atoms with Crippen LogP contribution in [0.15, 0.2) is 53.9 Å². The zero-order valence-corrected chi connectivity index (χ0v) is 19.6. The number of aryl methyl sites for hydroxylation is 1. The Bertz CT molecular complexity index is 1360. The highest BCUT2D eigenvalue weighted by molar-refractivity contribution is 7.17. The van der Waals surface area contributed by atoms with Crippen molar-refractivity contribution >= 4 is 39.0 Å². The van der Waals surface area contributed by atoms with Gasteiger partial charge in [0.25, 0.3) is 0 Å². The van der Waals surface area contributed by atoms with Crippen LogP contribution < -0.4 is 19.7 Å². The highest BCUT2D eigenvalue weighted by Crippen LogP contribution is 2.39. The minimum Gasteiger partial charge on any atom is -0.454 e. The number of nitrogens with one attached hydrogen (secondary N) is 1. The van der Waals surface area contributed by atoms with Gasteiger partial charge in [-0.25, -0.2) is 9.97 Å². The van der Waals surface area contributed by atoms with Crippen LogP contribution in [0, 0.1) is 12.8 Å². The molecule has 0 aliphatic carbocycles. The van der Waals surface area contributed by atoms with Crippen molar-refractivity contribution in [2.45, 2.75) is 19.8 Å². The number of fused-ring (bicyclic) bond motifs is 2. The van der Waals surface area contributed by atoms with Crippen LogP contribution in [-0.2, 0) is 4.79 Å². The maximum atomic E-state index is 12.9. The summed E-state index contributed by atoms with van der Waals surface area (Å²) in [5, 5.41) is 6.32. The third-order valence-corrected chi connectivity index (χ3v) is 7.29. The monoisotopic (exact) mass is 472 g/mol. The van der Waals surface area contributed by atoms with Gasteiger partial charge in [-0.15, -0.1) is 11.3 Å². The molecule has 6 rings (SSSR count). The smallest absolute Gasteiger partial charge is 0.231 e. The maximum absolute atomic E-state index is 12.9. The molecule has 1 N–H and O–H groups in total. The quantitative estimate of drug-likeness (QED) is 0.437. The van der Waals surface area contributed by atoms with Crippen molar-refractivity contribution in [3.05, 3.63) is 59.7 Å². The van der Waals surface area contributed by atoms with Gasteiger partial charge in [0.15, 0.2) is 11.5 Å². The molecule has 0 unspecified atom stereocenters. The first kappa shape index (κ1) is 20.9. The molecule has 172 valence electrons. The zero-order chi connectivity index (χ0) is 23.1. The van der Waals surface area contributed by atoms with E-state index in [4.69, 9.17) is 14.5 Å². The maximum Gasteiger partial charge on any atom is 0.231 e. The molecule has 34 heavy (non-hydrogen) atoms. The predicted octanol–water partition coefficient (Wildman–Crippen LogP) is 5.25. The fraction of sp³-hybridized carbons (Fsp3) is 0.269. The molecule has 2 aromatic carbocycles. The van der Waals surface area contributed by atoms with Gasteiger partial charge in [-0.05, 0) is 37.5 Å². The Hall–Kier alpha value is -3.65. The van der Waals surface area contributed by atoms with E-state index < -0.39 is 0 Å². The van der Waals surface area contributed by atoms with Gasteiger partial charge in [0.05, 0.1) is 5.39 Å². The van der Waals surface area contributed by atoms with Crippen molar-refractivity contribution in [1.82, 2.24) is 9.97 Å². The fourth-order valence-corrected chi connectivity index (χ4v) is 5.65. The Labute approximate surface area is 201 Å². The second kappa shape index (κ2) is 8.61. The fourth-order valence-electron chi connectivity index (χ4n) is 4.66. The Morgan fingerprint density at radius 3 is 2.68 bits per heavy atom. The molecule has 4 heterocycles. The van der Waals surface area contributed by atoms with Crippen LogP contribution in [0.1, 0.15) is 18.7 Å². The molecule has 7 nitrogen and oxygen atoms in total. The van der Waals surface area contributed by atoms with Crippen LogP contribution >= 0.6 is 11.3 Å². The van der Waals surface area contributed by atoms with Crippen molar-refractivity contribution in [3.63, 3.8) is 0 Å². The summed E-state index contributed by atoms with van der Waals surface area (Å²) in [7, 11) is 0. The third-order valence-electron chi connectivity index (χ3n) is 6.42. The molecule has 1 amide bonds. The lowest BCUT2D eigenvalue weighted by atomic mass is 9.95. The summed E-state index contributed by atoms with van der Waals surface area (Å²) in [6.45, 7) is 3.71. The van der Waals surface area contributed by atoms with Crippen LogP contribution in [0.2, 0.25) is 0 Å². The molecule has 0 saturated carbocycles. The van der Waals surface area contributed by atoms with Gasteiger partial charge in [-0.1, -0.05) is 30.3 Å². The van der Waals surface area contributed by atoms with E-state index in [0.29, 0.717) is 11.5 Å². The lowest BCUT2D eigenvalue weighted by molar-refractivity contribution is -0.120. The summed E-state index contributed by atoms with van der Waals surface area (Å²) in [5.74, 6) is 3.12. The summed E-state index contributed by atoms with van der Waals surface area (Å²) in [6.07, 6.45) is 1.54. The number of hydrogen-bond acceptors (Lipinski definition) is 7. The molecule has 1 fully saturated rings. The van der Waals surface area contributed by atoms with Gasteiger partial charge >= 0.3 is 0 Å². The highest BCUT2D eigenvalue weighted by atomic mass is 32.1. The molecule has 0 bridgehead atoms. The summed E-state index contributed by atoms with van der Waals surface area (Å²) >= 11 is 1.66. The first-order valence-electron chi connectivity index (χ1n) is 11.4. The van der Waals surface area contributed by atoms with E-state index >= 15 is 0 Å². The van der Waals surface area contributed by atoms with Crippen molar-refractivity contribution in [2.75, 3.05) is 30.1 Å². The second-order valence-corrected chi connectivity index (χ2v) is 9.47. The summed E-state index contributed by atoms with van der Waals surface area (Å²) < 4.78 is 10.8. The normalized spacial score (nSPS) is 15.6. The number of benzene rings is 2. The van der Waals surface area contributed by atoms with Crippen LogP contribution in [0.4, 0.5) is 11.5 Å². The Morgan fingerprint density at radius 2 is 1.85 bits per heavy atom. The van der Waals surface area contributed by atoms with Gasteiger partial charge in [0.2, 0.25) is 12.7 Å². The average molecular weight is 473 g/mol. The van der Waals surface area contributed by atoms with E-state index in [1.54, 1.807) is 11.3 Å². The minimum atomic E-state index is -0.0452. The number of nitrogens with zero attached hydrogens (tertiary/aromatic N) is 3. The van der Waals surface area contributed by atoms with Crippen LogP contribution in [0.5, 0.6) is 11.5 Å². The largest absolute Gasteiger partial charge is 0.454 e. The van der Waals surface area contributed by atoms with Crippen LogP contribution in [0.3, 0.4) is 0 Å². The molecule has 0 radical (unpaired) electrons. The van der Waals surface area contributed by atoms with E-state index in [9.17, 15) is 4.79 Å². The first-order valence-corrected chi connectivity index (χ1v) is 12.3. The Balaban J connectivity index is 1.20. The number of carbonyl (C=O) groups excluding carboxylic acids is 1. The van der Waals surface area contributed by atoms with Crippen LogP contribution in [0.25, 0.3) is 21.3 Å². The molecular weight excluding hydrogens is 448 g/mol. The van der Waals surface area contributed by atoms with Gasteiger partial charge in [-0.3, -0.25) is 4.79 Å². The molecule has 2 aliphatic rings. The van der Waals surface area contributed by atoms with E-state index in [0.717, 1.165) is 53.5 Å². The zero-order valence-electron chi connectivity index (χ0n) is 18.8. The number of rotatable bonds is 4. The number of ether oxygens (including phenoxy) is 2. The summed E-state index contributed by atoms with van der Waals surface area (Å²) in [6, 6.07) is 15.9. The third kappa shape index (κ3) is 3.84. The standard InChI is InChI=1S/C26H24N4O3S/c1-16-27-24(23-20(14-34-26(23)28-16)17-5-3-2-4-6-17)30-11-9-18(10-12-30)25(31)29-19-7-8-21-22(13-19)33-15-32-21/h2-8,13-14,18H,9-12,15H2,1H3,(H,29,31). The van der Waals surface area contributed by atoms with Crippen LogP contribution in [-0.4, -0.2) is 35.8 Å². The molecular formula is C26H24N4O3S. The molecule has 2 aliphatic heterocycles. The highest BCUT2D eigenvalue weighted by Gasteiger charge is 2.28. The molecule has 4 aromatic rings. The molecule has 0 atom stereocenters. The summed E-state index contributed by atoms with van der Waals surface area (Å²) in [5.41, 5.74) is 3.06. The van der Waals surface area contributed by atoms with Crippen molar-refractivity contribution in [1.29, 1.82) is 0 Å². The number of piperidine rings is 1. The molecule has 8 heteroatoms. The van der Waals surface area contributed by atoms with Crippen molar-refractivity contribution < 1.29 is 14.3 Å². The first-order chi connectivity index (χ1) is 16.7. The van der Waals surface area contributed by atoms with E-state index in [1.807, 2.05) is 31.2 Å². The summed E-state index contributed by atoms with van der Waals surface area (Å²) in [4.78, 5) is 25.8. The van der Waals surface area contributed by atoms with E-state index in [2.05, 4.69) is 44.8 Å². The van der Waals surface area contributed by atoms with Gasteiger partial charge in [0.1, 0.15) is 16.5 Å². The predicted molar refractivity (Wildman–Crippen MR) is 134 cm³/mol. The van der Waals surface area contributed by atoms with E-state index in [-0.39, 0.29) is 18.6 Å². The lowest BCUT2D eigenvalue weighted by Crippen LogP contribution is -2.38. The van der Waals surface area contributed by atoms with Gasteiger partial charge < -0.3 is 19.7 Å². The SMILES string of the molecule is Cc1nc(N2CCC(C(=O)Nc3ccc4c(c3)OCO4)CC2)c2c(-c3ccccc3)csc2n1. The number of thiophene rings is 1. The number of carbonyl (C=O) groups is 1. The molecule has 1 saturated heterocycles. The van der Waals surface area contributed by atoms with Gasteiger partial charge in [0, 0.05) is 41.7 Å². The number of hydrogen-bond donors (Lipinski definition) is 1. The Morgan fingerprint density at radius 1 is 1.06 bits per heavy atom. The molecule has 0 spiro atoms. The number of amides is 1. The van der Waals surface area contributed by atoms with Crippen molar-refractivity contribution in [2.24, 2.45) is 5.92 Å². The second-order valence-electron chi connectivity index (χ2n) is 8.61. The number of aromatic nitrogens is 2. The molecule has 2 aromatic heterocycles. The average Bonchev–Trinajstić information content (AvgIpc) is 3.51. The van der Waals surface area contributed by atoms with Crippen molar-refractivity contribution in [3.8, 4) is 22.6 Å². The Kier molecular flexibility index (Phi) is 5.30.